The quantitative estimate of drug-likeness (QED) is 0.788. The van der Waals surface area contributed by atoms with Crippen molar-refractivity contribution < 1.29 is 9.53 Å². The molecule has 1 fully saturated rings. The molecule has 0 spiro atoms. The Morgan fingerprint density at radius 1 is 1.42 bits per heavy atom. The Hall–Kier alpha value is -1.14. The molecule has 3 N–H and O–H groups in total. The summed E-state index contributed by atoms with van der Waals surface area (Å²) >= 11 is 6.15. The van der Waals surface area contributed by atoms with E-state index in [1.54, 1.807) is 0 Å². The van der Waals surface area contributed by atoms with E-state index in [0.29, 0.717) is 24.8 Å². The summed E-state index contributed by atoms with van der Waals surface area (Å²) in [4.78, 5) is 14.6. The standard InChI is InChI=1S/C18H28ClN3O2/c1-3-13(2)17(20)18(23)21-12-16(22-7-9-24-10-8-22)14-5-4-6-15(19)11-14/h4-6,11,13,16-17H,3,7-10,12,20H2,1-2H3,(H,21,23). The van der Waals surface area contributed by atoms with Crippen molar-refractivity contribution in [2.75, 3.05) is 32.8 Å². The number of halogens is 1. The van der Waals surface area contributed by atoms with Crippen molar-refractivity contribution in [2.45, 2.75) is 32.4 Å². The fourth-order valence-corrected chi connectivity index (χ4v) is 3.09. The number of carbonyl (C=O) groups excluding carboxylic acids is 1. The number of amides is 1. The Morgan fingerprint density at radius 2 is 2.12 bits per heavy atom. The summed E-state index contributed by atoms with van der Waals surface area (Å²) in [6.07, 6.45) is 0.885. The molecule has 1 aliphatic heterocycles. The average Bonchev–Trinajstić information content (AvgIpc) is 2.61. The van der Waals surface area contributed by atoms with Gasteiger partial charge in [0.1, 0.15) is 0 Å². The molecule has 5 nitrogen and oxygen atoms in total. The minimum Gasteiger partial charge on any atom is -0.379 e. The number of ether oxygens (including phenoxy) is 1. The predicted octanol–water partition coefficient (Wildman–Crippen LogP) is 2.20. The number of hydrogen-bond donors (Lipinski definition) is 2. The fraction of sp³-hybridized carbons (Fsp3) is 0.611. The number of nitrogens with two attached hydrogens (primary N) is 1. The van der Waals surface area contributed by atoms with E-state index < -0.39 is 6.04 Å². The Labute approximate surface area is 149 Å². The van der Waals surface area contributed by atoms with Gasteiger partial charge in [0.25, 0.3) is 0 Å². The minimum absolute atomic E-state index is 0.0701. The SMILES string of the molecule is CCC(C)C(N)C(=O)NCC(c1cccc(Cl)c1)N1CCOCC1. The molecule has 0 aromatic heterocycles. The highest BCUT2D eigenvalue weighted by Gasteiger charge is 2.25. The molecule has 1 aromatic rings. The van der Waals surface area contributed by atoms with Crippen molar-refractivity contribution >= 4 is 17.5 Å². The number of nitrogens with one attached hydrogen (secondary N) is 1. The maximum atomic E-state index is 12.3. The first-order chi connectivity index (χ1) is 11.5. The zero-order valence-electron chi connectivity index (χ0n) is 14.5. The molecule has 0 saturated carbocycles. The van der Waals surface area contributed by atoms with Gasteiger partial charge < -0.3 is 15.8 Å². The molecule has 1 aromatic carbocycles. The second-order valence-electron chi connectivity index (χ2n) is 6.38. The third-order valence-corrected chi connectivity index (χ3v) is 4.98. The molecular formula is C18H28ClN3O2. The van der Waals surface area contributed by atoms with Crippen molar-refractivity contribution in [1.82, 2.24) is 10.2 Å². The van der Waals surface area contributed by atoms with Gasteiger partial charge in [-0.25, -0.2) is 0 Å². The van der Waals surface area contributed by atoms with Crippen LogP contribution >= 0.6 is 11.6 Å². The lowest BCUT2D eigenvalue weighted by Gasteiger charge is -2.35. The molecule has 0 radical (unpaired) electrons. The molecule has 24 heavy (non-hydrogen) atoms. The molecule has 2 rings (SSSR count). The Bertz CT molecular complexity index is 535. The van der Waals surface area contributed by atoms with Crippen LogP contribution in [0.1, 0.15) is 31.9 Å². The summed E-state index contributed by atoms with van der Waals surface area (Å²) in [5.41, 5.74) is 7.13. The molecule has 0 aliphatic carbocycles. The van der Waals surface area contributed by atoms with Crippen LogP contribution in [0, 0.1) is 5.92 Å². The number of carbonyl (C=O) groups is 1. The van der Waals surface area contributed by atoms with E-state index in [9.17, 15) is 4.79 Å². The van der Waals surface area contributed by atoms with Crippen LogP contribution in [0.3, 0.4) is 0 Å². The summed E-state index contributed by atoms with van der Waals surface area (Å²) in [7, 11) is 0. The third-order valence-electron chi connectivity index (χ3n) is 4.75. The maximum Gasteiger partial charge on any atom is 0.237 e. The number of hydrogen-bond acceptors (Lipinski definition) is 4. The largest absolute Gasteiger partial charge is 0.379 e. The number of rotatable bonds is 7. The summed E-state index contributed by atoms with van der Waals surface area (Å²) < 4.78 is 5.44. The van der Waals surface area contributed by atoms with E-state index in [0.717, 1.165) is 25.1 Å². The lowest BCUT2D eigenvalue weighted by Crippen LogP contribution is -2.48. The molecule has 0 bridgehead atoms. The molecular weight excluding hydrogens is 326 g/mol. The van der Waals surface area contributed by atoms with Gasteiger partial charge in [0, 0.05) is 24.7 Å². The highest BCUT2D eigenvalue weighted by atomic mass is 35.5. The van der Waals surface area contributed by atoms with Gasteiger partial charge in [0.05, 0.1) is 25.3 Å². The van der Waals surface area contributed by atoms with Gasteiger partial charge in [0.15, 0.2) is 0 Å². The first-order valence-electron chi connectivity index (χ1n) is 8.63. The zero-order valence-corrected chi connectivity index (χ0v) is 15.3. The van der Waals surface area contributed by atoms with Gasteiger partial charge in [-0.2, -0.15) is 0 Å². The van der Waals surface area contributed by atoms with Crippen molar-refractivity contribution in [3.63, 3.8) is 0 Å². The second kappa shape index (κ2) is 9.37. The normalized spacial score (nSPS) is 19.5. The monoisotopic (exact) mass is 353 g/mol. The second-order valence-corrected chi connectivity index (χ2v) is 6.81. The van der Waals surface area contributed by atoms with Gasteiger partial charge in [-0.05, 0) is 23.6 Å². The number of nitrogens with zero attached hydrogens (tertiary/aromatic N) is 1. The molecule has 1 saturated heterocycles. The van der Waals surface area contributed by atoms with Crippen LogP contribution in [-0.2, 0) is 9.53 Å². The lowest BCUT2D eigenvalue weighted by molar-refractivity contribution is -0.123. The van der Waals surface area contributed by atoms with Crippen LogP contribution in [0.25, 0.3) is 0 Å². The molecule has 6 heteroatoms. The first-order valence-corrected chi connectivity index (χ1v) is 9.01. The van der Waals surface area contributed by atoms with E-state index in [-0.39, 0.29) is 17.9 Å². The molecule has 1 amide bonds. The molecule has 3 atom stereocenters. The minimum atomic E-state index is -0.472. The molecule has 3 unspecified atom stereocenters. The van der Waals surface area contributed by atoms with Gasteiger partial charge >= 0.3 is 0 Å². The maximum absolute atomic E-state index is 12.3. The lowest BCUT2D eigenvalue weighted by atomic mass is 9.99. The van der Waals surface area contributed by atoms with Gasteiger partial charge in [-0.15, -0.1) is 0 Å². The topological polar surface area (TPSA) is 67.6 Å². The predicted molar refractivity (Wildman–Crippen MR) is 97.0 cm³/mol. The zero-order chi connectivity index (χ0) is 17.5. The summed E-state index contributed by atoms with van der Waals surface area (Å²) in [6.45, 7) is 7.65. The molecule has 134 valence electrons. The van der Waals surface area contributed by atoms with E-state index in [2.05, 4.69) is 10.2 Å². The summed E-state index contributed by atoms with van der Waals surface area (Å²) in [5.74, 6) is 0.0719. The van der Waals surface area contributed by atoms with Gasteiger partial charge in [0.2, 0.25) is 5.91 Å². The van der Waals surface area contributed by atoms with Crippen LogP contribution in [0.5, 0.6) is 0 Å². The summed E-state index contributed by atoms with van der Waals surface area (Å²) in [5, 5.41) is 3.73. The Kier molecular flexibility index (Phi) is 7.49. The van der Waals surface area contributed by atoms with Crippen molar-refractivity contribution in [2.24, 2.45) is 11.7 Å². The van der Waals surface area contributed by atoms with Crippen LogP contribution in [0.2, 0.25) is 5.02 Å². The summed E-state index contributed by atoms with van der Waals surface area (Å²) in [6, 6.07) is 7.41. The third kappa shape index (κ3) is 5.18. The highest BCUT2D eigenvalue weighted by Crippen LogP contribution is 2.24. The smallest absolute Gasteiger partial charge is 0.237 e. The van der Waals surface area contributed by atoms with Crippen LogP contribution in [0.4, 0.5) is 0 Å². The van der Waals surface area contributed by atoms with Crippen LogP contribution in [0.15, 0.2) is 24.3 Å². The Balaban J connectivity index is 2.07. The Morgan fingerprint density at radius 3 is 2.75 bits per heavy atom. The number of benzene rings is 1. The highest BCUT2D eigenvalue weighted by molar-refractivity contribution is 6.30. The van der Waals surface area contributed by atoms with Gasteiger partial charge in [-0.3, -0.25) is 9.69 Å². The fourth-order valence-electron chi connectivity index (χ4n) is 2.89. The van der Waals surface area contributed by atoms with Crippen LogP contribution in [-0.4, -0.2) is 49.7 Å². The molecule has 1 heterocycles. The average molecular weight is 354 g/mol. The van der Waals surface area contributed by atoms with Crippen LogP contribution < -0.4 is 11.1 Å². The van der Waals surface area contributed by atoms with Gasteiger partial charge in [-0.1, -0.05) is 44.0 Å². The van der Waals surface area contributed by atoms with Crippen molar-refractivity contribution in [3.05, 3.63) is 34.9 Å². The van der Waals surface area contributed by atoms with E-state index >= 15 is 0 Å². The van der Waals surface area contributed by atoms with Crippen molar-refractivity contribution in [1.29, 1.82) is 0 Å². The van der Waals surface area contributed by atoms with E-state index in [1.165, 1.54) is 0 Å². The first kappa shape index (κ1) is 19.2. The molecule has 1 aliphatic rings. The van der Waals surface area contributed by atoms with E-state index in [1.807, 2.05) is 38.1 Å². The van der Waals surface area contributed by atoms with Crippen molar-refractivity contribution in [3.8, 4) is 0 Å². The van der Waals surface area contributed by atoms with E-state index in [4.69, 9.17) is 22.1 Å². The number of morpholine rings is 1.